The van der Waals surface area contributed by atoms with Gasteiger partial charge in [-0.3, -0.25) is 4.72 Å². The van der Waals surface area contributed by atoms with Crippen LogP contribution in [0, 0.1) is 0 Å². The van der Waals surface area contributed by atoms with Crippen LogP contribution >= 0.6 is 11.9 Å². The zero-order chi connectivity index (χ0) is 6.69. The molecule has 0 aliphatic carbocycles. The average molecular weight is 143 g/mol. The largest absolute Gasteiger partial charge is 0.339 e. The molecule has 0 radical (unpaired) electrons. The highest BCUT2D eigenvalue weighted by molar-refractivity contribution is 7.97. The molecule has 1 N–H and O–H groups in total. The Balaban J connectivity index is 2.61. The molecule has 0 saturated carbocycles. The molecular weight excluding hydrogens is 134 g/mol. The highest BCUT2D eigenvalue weighted by atomic mass is 32.2. The van der Waals surface area contributed by atoms with Gasteiger partial charge >= 0.3 is 0 Å². The van der Waals surface area contributed by atoms with Gasteiger partial charge in [-0.15, -0.1) is 0 Å². The molecule has 0 amide bonds. The van der Waals surface area contributed by atoms with Gasteiger partial charge in [-0.1, -0.05) is 0 Å². The Kier molecular flexibility index (Phi) is 2.13. The highest BCUT2D eigenvalue weighted by Crippen LogP contribution is 2.07. The lowest BCUT2D eigenvalue weighted by molar-refractivity contribution is 0.912. The number of hydrogen-bond donors (Lipinski definition) is 1. The third kappa shape index (κ3) is 1.73. The molecule has 1 aromatic rings. The molecule has 0 bridgehead atoms. The molecule has 3 nitrogen and oxygen atoms in total. The van der Waals surface area contributed by atoms with E-state index in [4.69, 9.17) is 0 Å². The van der Waals surface area contributed by atoms with Crippen LogP contribution in [0.15, 0.2) is 17.6 Å². The first-order valence-corrected chi connectivity index (χ1v) is 3.46. The second-order valence-corrected chi connectivity index (χ2v) is 2.71. The third-order valence-electron chi connectivity index (χ3n) is 0.888. The topological polar surface area (TPSA) is 29.9 Å². The van der Waals surface area contributed by atoms with Gasteiger partial charge < -0.3 is 4.57 Å². The SMILES string of the molecule is CNSc1cn(C)cn1. The van der Waals surface area contributed by atoms with E-state index in [0.717, 1.165) is 5.03 Å². The lowest BCUT2D eigenvalue weighted by Gasteiger charge is -1.88. The summed E-state index contributed by atoms with van der Waals surface area (Å²) >= 11 is 1.51. The molecular formula is C5H9N3S. The van der Waals surface area contributed by atoms with Crippen molar-refractivity contribution in [1.29, 1.82) is 0 Å². The minimum absolute atomic E-state index is 1.00. The van der Waals surface area contributed by atoms with E-state index in [2.05, 4.69) is 9.71 Å². The summed E-state index contributed by atoms with van der Waals surface area (Å²) in [6, 6.07) is 0. The van der Waals surface area contributed by atoms with E-state index in [1.54, 1.807) is 6.33 Å². The summed E-state index contributed by atoms with van der Waals surface area (Å²) in [7, 11) is 3.83. The Labute approximate surface area is 58.6 Å². The Bertz CT molecular complexity index is 184. The van der Waals surface area contributed by atoms with Crippen molar-refractivity contribution in [3.8, 4) is 0 Å². The molecule has 1 rings (SSSR count). The van der Waals surface area contributed by atoms with Crippen molar-refractivity contribution in [3.63, 3.8) is 0 Å². The summed E-state index contributed by atoms with van der Waals surface area (Å²) in [6.45, 7) is 0. The lowest BCUT2D eigenvalue weighted by Crippen LogP contribution is -1.89. The van der Waals surface area contributed by atoms with Crippen LogP contribution in [-0.2, 0) is 7.05 Å². The van der Waals surface area contributed by atoms with Gasteiger partial charge in [0.1, 0.15) is 5.03 Å². The van der Waals surface area contributed by atoms with Crippen LogP contribution in [0.25, 0.3) is 0 Å². The van der Waals surface area contributed by atoms with Gasteiger partial charge in [-0.05, 0) is 19.0 Å². The molecule has 0 aliphatic rings. The van der Waals surface area contributed by atoms with Crippen LogP contribution in [0.2, 0.25) is 0 Å². The molecule has 0 saturated heterocycles. The van der Waals surface area contributed by atoms with Gasteiger partial charge in [-0.25, -0.2) is 4.98 Å². The molecule has 1 aromatic heterocycles. The van der Waals surface area contributed by atoms with E-state index < -0.39 is 0 Å². The van der Waals surface area contributed by atoms with E-state index in [9.17, 15) is 0 Å². The van der Waals surface area contributed by atoms with Crippen LogP contribution in [-0.4, -0.2) is 16.6 Å². The molecule has 0 aromatic carbocycles. The average Bonchev–Trinajstić information content (AvgIpc) is 2.17. The number of aromatic nitrogens is 2. The molecule has 9 heavy (non-hydrogen) atoms. The summed E-state index contributed by atoms with van der Waals surface area (Å²) < 4.78 is 4.85. The summed E-state index contributed by atoms with van der Waals surface area (Å²) in [5, 5.41) is 1.00. The Morgan fingerprint density at radius 3 is 3.00 bits per heavy atom. The smallest absolute Gasteiger partial charge is 0.129 e. The first-order chi connectivity index (χ1) is 4.33. The van der Waals surface area contributed by atoms with Crippen molar-refractivity contribution in [3.05, 3.63) is 12.5 Å². The van der Waals surface area contributed by atoms with Crippen LogP contribution in [0.4, 0.5) is 0 Å². The number of rotatable bonds is 2. The molecule has 0 aliphatic heterocycles. The first-order valence-electron chi connectivity index (χ1n) is 2.64. The standard InChI is InChI=1S/C5H9N3S/c1-6-9-5-3-8(2)4-7-5/h3-4,6H,1-2H3. The molecule has 0 atom stereocenters. The predicted molar refractivity (Wildman–Crippen MR) is 38.1 cm³/mol. The molecule has 1 heterocycles. The fourth-order valence-electron chi connectivity index (χ4n) is 0.546. The van der Waals surface area contributed by atoms with Gasteiger partial charge in [0, 0.05) is 13.2 Å². The maximum Gasteiger partial charge on any atom is 0.129 e. The van der Waals surface area contributed by atoms with E-state index in [1.807, 2.05) is 24.9 Å². The van der Waals surface area contributed by atoms with E-state index >= 15 is 0 Å². The third-order valence-corrected chi connectivity index (χ3v) is 1.51. The number of imidazole rings is 1. The van der Waals surface area contributed by atoms with Crippen molar-refractivity contribution in [2.24, 2.45) is 7.05 Å². The minimum Gasteiger partial charge on any atom is -0.339 e. The van der Waals surface area contributed by atoms with Gasteiger partial charge in [-0.2, -0.15) is 0 Å². The van der Waals surface area contributed by atoms with Crippen LogP contribution in [0.1, 0.15) is 0 Å². The minimum atomic E-state index is 1.00. The molecule has 0 unspecified atom stereocenters. The number of nitrogens with zero attached hydrogens (tertiary/aromatic N) is 2. The zero-order valence-corrected chi connectivity index (χ0v) is 6.27. The van der Waals surface area contributed by atoms with Crippen molar-refractivity contribution >= 4 is 11.9 Å². The van der Waals surface area contributed by atoms with E-state index in [-0.39, 0.29) is 0 Å². The van der Waals surface area contributed by atoms with Crippen molar-refractivity contribution in [2.45, 2.75) is 5.03 Å². The fraction of sp³-hybridized carbons (Fsp3) is 0.400. The monoisotopic (exact) mass is 143 g/mol. The van der Waals surface area contributed by atoms with E-state index in [1.165, 1.54) is 11.9 Å². The lowest BCUT2D eigenvalue weighted by atomic mass is 10.9. The molecule has 0 fully saturated rings. The van der Waals surface area contributed by atoms with E-state index in [0.29, 0.717) is 0 Å². The van der Waals surface area contributed by atoms with Gasteiger partial charge in [0.25, 0.3) is 0 Å². The molecule has 50 valence electrons. The number of aryl methyl sites for hydroxylation is 1. The Morgan fingerprint density at radius 1 is 1.78 bits per heavy atom. The Morgan fingerprint density at radius 2 is 2.56 bits per heavy atom. The highest BCUT2D eigenvalue weighted by Gasteiger charge is 1.92. The zero-order valence-electron chi connectivity index (χ0n) is 5.46. The summed E-state index contributed by atoms with van der Waals surface area (Å²) in [6.07, 6.45) is 3.74. The van der Waals surface area contributed by atoms with Crippen molar-refractivity contribution in [1.82, 2.24) is 14.3 Å². The maximum absolute atomic E-state index is 4.07. The summed E-state index contributed by atoms with van der Waals surface area (Å²) in [4.78, 5) is 4.07. The Hall–Kier alpha value is -0.480. The first kappa shape index (κ1) is 6.64. The predicted octanol–water partition coefficient (Wildman–Crippen LogP) is 0.647. The number of hydrogen-bond acceptors (Lipinski definition) is 3. The van der Waals surface area contributed by atoms with Crippen molar-refractivity contribution in [2.75, 3.05) is 7.05 Å². The second kappa shape index (κ2) is 2.89. The molecule has 4 heteroatoms. The fourth-order valence-corrected chi connectivity index (χ4v) is 1.07. The normalized spacial score (nSPS) is 10.0. The quantitative estimate of drug-likeness (QED) is 0.616. The number of nitrogens with one attached hydrogen (secondary N) is 1. The molecule has 0 spiro atoms. The van der Waals surface area contributed by atoms with Gasteiger partial charge in [0.05, 0.1) is 6.33 Å². The van der Waals surface area contributed by atoms with Crippen LogP contribution in [0.3, 0.4) is 0 Å². The summed E-state index contributed by atoms with van der Waals surface area (Å²) in [5.74, 6) is 0. The van der Waals surface area contributed by atoms with Gasteiger partial charge in [0.2, 0.25) is 0 Å². The summed E-state index contributed by atoms with van der Waals surface area (Å²) in [5.41, 5.74) is 0. The van der Waals surface area contributed by atoms with Crippen LogP contribution in [0.5, 0.6) is 0 Å². The van der Waals surface area contributed by atoms with Gasteiger partial charge in [0.15, 0.2) is 0 Å². The van der Waals surface area contributed by atoms with Crippen molar-refractivity contribution < 1.29 is 0 Å². The van der Waals surface area contributed by atoms with Crippen LogP contribution < -0.4 is 4.72 Å². The maximum atomic E-state index is 4.07. The second-order valence-electron chi connectivity index (χ2n) is 1.68.